The number of esters is 1. The van der Waals surface area contributed by atoms with Gasteiger partial charge in [0.2, 0.25) is 0 Å². The summed E-state index contributed by atoms with van der Waals surface area (Å²) in [5.41, 5.74) is 19.9. The molecule has 290 valence electrons. The fraction of sp³-hybridized carbons (Fsp3) is 0.367. The number of anilines is 4. The van der Waals surface area contributed by atoms with E-state index in [0.29, 0.717) is 23.5 Å². The number of ether oxygens (including phenoxy) is 1. The summed E-state index contributed by atoms with van der Waals surface area (Å²) in [6.07, 6.45) is 18.0. The molecular weight excluding hydrogens is 677 g/mol. The summed E-state index contributed by atoms with van der Waals surface area (Å²) in [6.45, 7) is 2.69. The highest BCUT2D eigenvalue weighted by Gasteiger charge is 2.19. The molecule has 6 N–H and O–H groups in total. The lowest BCUT2D eigenvalue weighted by atomic mass is 9.97. The molecule has 2 atom stereocenters. The molecule has 0 spiro atoms. The number of unbranched alkanes of at least 4 members (excludes halogenated alkanes) is 13. The number of carbonyl (C=O) groups is 1. The van der Waals surface area contributed by atoms with Gasteiger partial charge in [-0.1, -0.05) is 175 Å². The number of nitrogen functional groups attached to an aromatic ring is 2. The molecule has 0 aliphatic heterocycles. The van der Waals surface area contributed by atoms with Crippen LogP contribution >= 0.6 is 0 Å². The van der Waals surface area contributed by atoms with E-state index in [1.165, 1.54) is 77.0 Å². The van der Waals surface area contributed by atoms with Crippen molar-refractivity contribution in [3.8, 4) is 0 Å². The third kappa shape index (κ3) is 13.8. The summed E-state index contributed by atoms with van der Waals surface area (Å²) in [7, 11) is 0. The Hall–Kier alpha value is -5.23. The van der Waals surface area contributed by atoms with Crippen LogP contribution in [0.25, 0.3) is 0 Å². The van der Waals surface area contributed by atoms with E-state index in [9.17, 15) is 4.79 Å². The molecule has 0 fully saturated rings. The normalized spacial score (nSPS) is 12.2. The molecule has 0 amide bonds. The van der Waals surface area contributed by atoms with Crippen molar-refractivity contribution < 1.29 is 9.53 Å². The zero-order valence-corrected chi connectivity index (χ0v) is 32.9. The van der Waals surface area contributed by atoms with Crippen molar-refractivity contribution in [1.82, 2.24) is 0 Å². The first-order valence-electron chi connectivity index (χ1n) is 20.7. The van der Waals surface area contributed by atoms with Gasteiger partial charge in [-0.05, 0) is 71.1 Å². The number of rotatable bonds is 24. The van der Waals surface area contributed by atoms with E-state index < -0.39 is 0 Å². The molecular formula is C49H62N4O2. The maximum absolute atomic E-state index is 13.7. The van der Waals surface area contributed by atoms with Gasteiger partial charge in [0, 0.05) is 22.7 Å². The van der Waals surface area contributed by atoms with Gasteiger partial charge in [-0.25, -0.2) is 4.79 Å². The Morgan fingerprint density at radius 1 is 0.491 bits per heavy atom. The van der Waals surface area contributed by atoms with Gasteiger partial charge in [0.05, 0.1) is 24.3 Å². The Balaban J connectivity index is 1.26. The van der Waals surface area contributed by atoms with Crippen LogP contribution in [0.2, 0.25) is 0 Å². The lowest BCUT2D eigenvalue weighted by Gasteiger charge is -2.24. The van der Waals surface area contributed by atoms with Crippen molar-refractivity contribution >= 4 is 28.7 Å². The average Bonchev–Trinajstić information content (AvgIpc) is 3.22. The number of benzene rings is 5. The Morgan fingerprint density at radius 2 is 0.855 bits per heavy atom. The first kappa shape index (κ1) is 40.9. The molecule has 0 heterocycles. The number of hydrogen-bond acceptors (Lipinski definition) is 6. The second kappa shape index (κ2) is 22.9. The zero-order valence-electron chi connectivity index (χ0n) is 32.9. The summed E-state index contributed by atoms with van der Waals surface area (Å²) in [5, 5.41) is 7.49. The van der Waals surface area contributed by atoms with Crippen LogP contribution in [0.3, 0.4) is 0 Å². The molecule has 0 aliphatic carbocycles. The largest absolute Gasteiger partial charge is 0.462 e. The molecule has 6 nitrogen and oxygen atoms in total. The highest BCUT2D eigenvalue weighted by Crippen LogP contribution is 2.33. The third-order valence-corrected chi connectivity index (χ3v) is 10.3. The van der Waals surface area contributed by atoms with Gasteiger partial charge in [0.15, 0.2) is 0 Å². The molecule has 5 aromatic rings. The van der Waals surface area contributed by atoms with Crippen LogP contribution < -0.4 is 22.1 Å². The van der Waals surface area contributed by atoms with Gasteiger partial charge in [0.1, 0.15) is 0 Å². The monoisotopic (exact) mass is 738 g/mol. The molecule has 2 unspecified atom stereocenters. The van der Waals surface area contributed by atoms with Gasteiger partial charge >= 0.3 is 5.97 Å². The molecule has 55 heavy (non-hydrogen) atoms. The maximum Gasteiger partial charge on any atom is 0.338 e. The van der Waals surface area contributed by atoms with E-state index >= 15 is 0 Å². The molecule has 0 radical (unpaired) electrons. The molecule has 0 aliphatic rings. The van der Waals surface area contributed by atoms with E-state index in [1.54, 1.807) is 0 Å². The smallest absolute Gasteiger partial charge is 0.338 e. The fourth-order valence-electron chi connectivity index (χ4n) is 7.18. The first-order chi connectivity index (χ1) is 27.0. The molecule has 6 heteroatoms. The standard InChI is InChI=1S/C49H62N4O2/c1-2-3-4-5-6-7-8-9-10-11-12-13-14-21-34-55-49(54)42-35-45(52-47(38-22-17-15-18-23-38)40-26-30-43(50)31-27-40)37-46(36-42)53-48(39-24-19-16-20-25-39)41-28-32-44(51)33-29-41/h15-20,22-33,35-37,47-48,52-53H,2-14,21,34,50-51H2,1H3. The van der Waals surface area contributed by atoms with Crippen molar-refractivity contribution in [2.24, 2.45) is 0 Å². The summed E-state index contributed by atoms with van der Waals surface area (Å²) >= 11 is 0. The van der Waals surface area contributed by atoms with Crippen LogP contribution in [0.1, 0.15) is 142 Å². The van der Waals surface area contributed by atoms with Crippen LogP contribution in [-0.4, -0.2) is 12.6 Å². The molecule has 0 saturated carbocycles. The van der Waals surface area contributed by atoms with Crippen LogP contribution in [0.5, 0.6) is 0 Å². The minimum Gasteiger partial charge on any atom is -0.462 e. The Morgan fingerprint density at radius 3 is 1.25 bits per heavy atom. The van der Waals surface area contributed by atoms with Crippen LogP contribution in [0.4, 0.5) is 22.7 Å². The predicted molar refractivity (Wildman–Crippen MR) is 233 cm³/mol. The van der Waals surface area contributed by atoms with Gasteiger partial charge in [-0.2, -0.15) is 0 Å². The molecule has 5 rings (SSSR count). The maximum atomic E-state index is 13.7. The van der Waals surface area contributed by atoms with E-state index in [4.69, 9.17) is 16.2 Å². The Labute approximate surface area is 330 Å². The highest BCUT2D eigenvalue weighted by molar-refractivity contribution is 5.92. The number of nitrogens with one attached hydrogen (secondary N) is 2. The van der Waals surface area contributed by atoms with Crippen molar-refractivity contribution in [3.63, 3.8) is 0 Å². The molecule has 0 bridgehead atoms. The molecule has 5 aromatic carbocycles. The number of carbonyl (C=O) groups excluding carboxylic acids is 1. The van der Waals surface area contributed by atoms with E-state index in [1.807, 2.05) is 97.1 Å². The van der Waals surface area contributed by atoms with Gasteiger partial charge in [0.25, 0.3) is 0 Å². The lowest BCUT2D eigenvalue weighted by molar-refractivity contribution is 0.0497. The fourth-order valence-corrected chi connectivity index (χ4v) is 7.18. The average molecular weight is 739 g/mol. The Kier molecular flexibility index (Phi) is 17.0. The SMILES string of the molecule is CCCCCCCCCCCCCCCCOC(=O)c1cc(NC(c2ccccc2)c2ccc(N)cc2)cc(NC(c2ccccc2)c2ccc(N)cc2)c1. The quantitative estimate of drug-likeness (QED) is 0.0286. The summed E-state index contributed by atoms with van der Waals surface area (Å²) in [5.74, 6) is -0.325. The Bertz CT molecular complexity index is 1700. The molecule has 0 saturated heterocycles. The zero-order chi connectivity index (χ0) is 38.5. The van der Waals surface area contributed by atoms with Crippen molar-refractivity contribution in [1.29, 1.82) is 0 Å². The summed E-state index contributed by atoms with van der Waals surface area (Å²) in [6, 6.07) is 41.9. The summed E-state index contributed by atoms with van der Waals surface area (Å²) < 4.78 is 5.90. The predicted octanol–water partition coefficient (Wildman–Crippen LogP) is 12.9. The summed E-state index contributed by atoms with van der Waals surface area (Å²) in [4.78, 5) is 13.7. The molecule has 0 aromatic heterocycles. The lowest BCUT2D eigenvalue weighted by Crippen LogP contribution is -2.16. The van der Waals surface area contributed by atoms with E-state index in [0.717, 1.165) is 46.5 Å². The third-order valence-electron chi connectivity index (χ3n) is 10.3. The van der Waals surface area contributed by atoms with E-state index in [2.05, 4.69) is 47.9 Å². The van der Waals surface area contributed by atoms with Gasteiger partial charge < -0.3 is 26.8 Å². The van der Waals surface area contributed by atoms with Crippen molar-refractivity contribution in [2.75, 3.05) is 28.7 Å². The van der Waals surface area contributed by atoms with Gasteiger partial charge in [-0.15, -0.1) is 0 Å². The topological polar surface area (TPSA) is 102 Å². The van der Waals surface area contributed by atoms with Crippen LogP contribution in [0, 0.1) is 0 Å². The number of hydrogen-bond donors (Lipinski definition) is 4. The van der Waals surface area contributed by atoms with Crippen LogP contribution in [-0.2, 0) is 4.74 Å². The van der Waals surface area contributed by atoms with Crippen molar-refractivity contribution in [2.45, 2.75) is 109 Å². The van der Waals surface area contributed by atoms with Crippen molar-refractivity contribution in [3.05, 3.63) is 155 Å². The minimum atomic E-state index is -0.325. The highest BCUT2D eigenvalue weighted by atomic mass is 16.5. The van der Waals surface area contributed by atoms with Gasteiger partial charge in [-0.3, -0.25) is 0 Å². The van der Waals surface area contributed by atoms with E-state index in [-0.39, 0.29) is 18.1 Å². The second-order valence-corrected chi connectivity index (χ2v) is 14.8. The number of nitrogens with two attached hydrogens (primary N) is 2. The minimum absolute atomic E-state index is 0.182. The first-order valence-corrected chi connectivity index (χ1v) is 20.7. The van der Waals surface area contributed by atoms with Crippen LogP contribution in [0.15, 0.2) is 127 Å². The second-order valence-electron chi connectivity index (χ2n) is 14.8.